The van der Waals surface area contributed by atoms with Crippen molar-refractivity contribution in [1.29, 1.82) is 0 Å². The van der Waals surface area contributed by atoms with Crippen molar-refractivity contribution in [3.05, 3.63) is 29.3 Å². The summed E-state index contributed by atoms with van der Waals surface area (Å²) in [4.78, 5) is 0.286. The highest BCUT2D eigenvalue weighted by Gasteiger charge is 2.29. The summed E-state index contributed by atoms with van der Waals surface area (Å²) in [5.74, 6) is -0.301. The lowest BCUT2D eigenvalue weighted by Gasteiger charge is -2.16. The average molecular weight is 284 g/mol. The maximum Gasteiger partial charge on any atom is 0.180 e. The van der Waals surface area contributed by atoms with Gasteiger partial charge < -0.3 is 9.84 Å². The van der Waals surface area contributed by atoms with Crippen LogP contribution in [0.4, 0.5) is 0 Å². The second-order valence-corrected chi connectivity index (χ2v) is 7.25. The molecule has 2 unspecified atom stereocenters. The number of sulfone groups is 1. The summed E-state index contributed by atoms with van der Waals surface area (Å²) < 4.78 is 29.7. The number of aliphatic hydroxyl groups is 1. The molecule has 1 fully saturated rings. The van der Waals surface area contributed by atoms with Crippen molar-refractivity contribution < 1.29 is 18.3 Å². The molecule has 0 bridgehead atoms. The minimum atomic E-state index is -3.44. The van der Waals surface area contributed by atoms with Crippen LogP contribution < -0.4 is 0 Å². The Kier molecular flexibility index (Phi) is 4.28. The third-order valence-electron chi connectivity index (χ3n) is 3.74. The van der Waals surface area contributed by atoms with Crippen LogP contribution in [0.25, 0.3) is 0 Å². The largest absolute Gasteiger partial charge is 0.392 e. The molecule has 4 nitrogen and oxygen atoms in total. The Morgan fingerprint density at radius 1 is 1.37 bits per heavy atom. The third kappa shape index (κ3) is 3.35. The first-order valence-corrected chi connectivity index (χ1v) is 8.11. The lowest BCUT2D eigenvalue weighted by Crippen LogP contribution is -2.29. The summed E-state index contributed by atoms with van der Waals surface area (Å²) in [6, 6.07) is 5.07. The molecule has 0 amide bonds. The van der Waals surface area contributed by atoms with Gasteiger partial charge in [-0.25, -0.2) is 8.42 Å². The highest BCUT2D eigenvalue weighted by atomic mass is 32.2. The number of hydrogen-bond donors (Lipinski definition) is 1. The van der Waals surface area contributed by atoms with Crippen molar-refractivity contribution in [2.45, 2.75) is 31.3 Å². The first-order valence-electron chi connectivity index (χ1n) is 6.46. The van der Waals surface area contributed by atoms with Crippen LogP contribution in [0.1, 0.15) is 17.5 Å². The molecule has 19 heavy (non-hydrogen) atoms. The zero-order valence-electron chi connectivity index (χ0n) is 11.3. The Balaban J connectivity index is 2.15. The fourth-order valence-electron chi connectivity index (χ4n) is 2.22. The van der Waals surface area contributed by atoms with Crippen LogP contribution in [-0.2, 0) is 14.6 Å². The van der Waals surface area contributed by atoms with E-state index in [0.29, 0.717) is 13.2 Å². The zero-order valence-corrected chi connectivity index (χ0v) is 12.1. The van der Waals surface area contributed by atoms with E-state index in [1.807, 2.05) is 13.8 Å². The van der Waals surface area contributed by atoms with Gasteiger partial charge in [-0.2, -0.15) is 0 Å². The molecule has 2 atom stereocenters. The van der Waals surface area contributed by atoms with Crippen molar-refractivity contribution in [2.75, 3.05) is 19.0 Å². The van der Waals surface area contributed by atoms with Crippen molar-refractivity contribution in [1.82, 2.24) is 0 Å². The van der Waals surface area contributed by atoms with E-state index >= 15 is 0 Å². The van der Waals surface area contributed by atoms with Gasteiger partial charge in [0.15, 0.2) is 9.84 Å². The van der Waals surface area contributed by atoms with Crippen LogP contribution in [0, 0.1) is 19.8 Å². The van der Waals surface area contributed by atoms with Gasteiger partial charge in [-0.15, -0.1) is 0 Å². The SMILES string of the molecule is Cc1ccc(S(=O)(=O)CC(O)C2CCOC2)cc1C. The van der Waals surface area contributed by atoms with Gasteiger partial charge in [0.1, 0.15) is 0 Å². The molecule has 1 aromatic rings. The topological polar surface area (TPSA) is 63.6 Å². The zero-order chi connectivity index (χ0) is 14.0. The van der Waals surface area contributed by atoms with Crippen LogP contribution in [0.5, 0.6) is 0 Å². The first kappa shape index (κ1) is 14.5. The van der Waals surface area contributed by atoms with Crippen molar-refractivity contribution in [3.63, 3.8) is 0 Å². The first-order chi connectivity index (χ1) is 8.90. The predicted octanol–water partition coefficient (Wildman–Crippen LogP) is 1.47. The maximum absolute atomic E-state index is 12.3. The Hall–Kier alpha value is -0.910. The molecule has 0 saturated carbocycles. The fourth-order valence-corrected chi connectivity index (χ4v) is 3.77. The molecule has 106 valence electrons. The van der Waals surface area contributed by atoms with Crippen LogP contribution >= 0.6 is 0 Å². The minimum Gasteiger partial charge on any atom is -0.392 e. The predicted molar refractivity (Wildman–Crippen MR) is 72.9 cm³/mol. The van der Waals surface area contributed by atoms with Crippen molar-refractivity contribution >= 4 is 9.84 Å². The number of rotatable bonds is 4. The number of aryl methyl sites for hydroxylation is 2. The highest BCUT2D eigenvalue weighted by molar-refractivity contribution is 7.91. The quantitative estimate of drug-likeness (QED) is 0.909. The van der Waals surface area contributed by atoms with Gasteiger partial charge in [-0.05, 0) is 43.5 Å². The van der Waals surface area contributed by atoms with E-state index in [4.69, 9.17) is 4.74 Å². The fraction of sp³-hybridized carbons (Fsp3) is 0.571. The normalized spacial score (nSPS) is 21.5. The molecule has 1 aromatic carbocycles. The maximum atomic E-state index is 12.3. The molecular weight excluding hydrogens is 264 g/mol. The van der Waals surface area contributed by atoms with Gasteiger partial charge in [0, 0.05) is 12.5 Å². The molecule has 0 radical (unpaired) electrons. The second kappa shape index (κ2) is 5.61. The van der Waals surface area contributed by atoms with Gasteiger partial charge in [0.05, 0.1) is 23.4 Å². The highest BCUT2D eigenvalue weighted by Crippen LogP contribution is 2.22. The number of aliphatic hydroxyl groups excluding tert-OH is 1. The van der Waals surface area contributed by atoms with Crippen LogP contribution in [0.2, 0.25) is 0 Å². The standard InChI is InChI=1S/C14H20O4S/c1-10-3-4-13(7-11(10)2)19(16,17)9-14(15)12-5-6-18-8-12/h3-4,7,12,14-15H,5-6,8-9H2,1-2H3. The van der Waals surface area contributed by atoms with E-state index in [2.05, 4.69) is 0 Å². The van der Waals surface area contributed by atoms with Gasteiger partial charge >= 0.3 is 0 Å². The third-order valence-corrected chi connectivity index (χ3v) is 5.49. The average Bonchev–Trinajstić information content (AvgIpc) is 2.85. The molecule has 1 heterocycles. The Morgan fingerprint density at radius 2 is 2.11 bits per heavy atom. The lowest BCUT2D eigenvalue weighted by atomic mass is 10.0. The van der Waals surface area contributed by atoms with E-state index in [1.54, 1.807) is 18.2 Å². The van der Waals surface area contributed by atoms with Gasteiger partial charge in [0.25, 0.3) is 0 Å². The Morgan fingerprint density at radius 3 is 2.68 bits per heavy atom. The smallest absolute Gasteiger partial charge is 0.180 e. The van der Waals surface area contributed by atoms with Gasteiger partial charge in [-0.1, -0.05) is 6.07 Å². The summed E-state index contributed by atoms with van der Waals surface area (Å²) in [5, 5.41) is 10.0. The number of benzene rings is 1. The summed E-state index contributed by atoms with van der Waals surface area (Å²) in [5.41, 5.74) is 2.00. The molecule has 1 saturated heterocycles. The van der Waals surface area contributed by atoms with Crippen LogP contribution in [0.3, 0.4) is 0 Å². The van der Waals surface area contributed by atoms with E-state index in [0.717, 1.165) is 17.5 Å². The molecule has 2 rings (SSSR count). The molecule has 1 aliphatic rings. The van der Waals surface area contributed by atoms with E-state index in [9.17, 15) is 13.5 Å². The number of ether oxygens (including phenoxy) is 1. The lowest BCUT2D eigenvalue weighted by molar-refractivity contribution is 0.108. The molecule has 1 N–H and O–H groups in total. The van der Waals surface area contributed by atoms with E-state index < -0.39 is 15.9 Å². The van der Waals surface area contributed by atoms with E-state index in [-0.39, 0.29) is 16.6 Å². The second-order valence-electron chi connectivity index (χ2n) is 5.22. The summed E-state index contributed by atoms with van der Waals surface area (Å²) in [6.07, 6.45) is -0.127. The number of hydrogen-bond acceptors (Lipinski definition) is 4. The monoisotopic (exact) mass is 284 g/mol. The van der Waals surface area contributed by atoms with Gasteiger partial charge in [0.2, 0.25) is 0 Å². The summed E-state index contributed by atoms with van der Waals surface area (Å²) in [7, 11) is -3.44. The van der Waals surface area contributed by atoms with Crippen molar-refractivity contribution in [2.24, 2.45) is 5.92 Å². The molecule has 0 spiro atoms. The van der Waals surface area contributed by atoms with Crippen LogP contribution in [0.15, 0.2) is 23.1 Å². The van der Waals surface area contributed by atoms with E-state index in [1.165, 1.54) is 0 Å². The van der Waals surface area contributed by atoms with Crippen molar-refractivity contribution in [3.8, 4) is 0 Å². The minimum absolute atomic E-state index is 0.0682. The van der Waals surface area contributed by atoms with Gasteiger partial charge in [-0.3, -0.25) is 0 Å². The van der Waals surface area contributed by atoms with Crippen LogP contribution in [-0.4, -0.2) is 38.6 Å². The Labute approximate surface area is 114 Å². The molecule has 5 heteroatoms. The summed E-state index contributed by atoms with van der Waals surface area (Å²) >= 11 is 0. The molecule has 0 aliphatic carbocycles. The summed E-state index contributed by atoms with van der Waals surface area (Å²) in [6.45, 7) is 4.88. The molecule has 0 aromatic heterocycles. The molecular formula is C14H20O4S. The Bertz CT molecular complexity index is 545. The molecule has 1 aliphatic heterocycles.